The van der Waals surface area contributed by atoms with Crippen LogP contribution in [0.15, 0.2) is 29.3 Å². The maximum Gasteiger partial charge on any atom is 0.405 e. The molecule has 3 rings (SSSR count). The van der Waals surface area contributed by atoms with Gasteiger partial charge >= 0.3 is 6.09 Å². The van der Waals surface area contributed by atoms with Gasteiger partial charge in [0.15, 0.2) is 0 Å². The van der Waals surface area contributed by atoms with Crippen LogP contribution in [0.4, 0.5) is 9.18 Å². The van der Waals surface area contributed by atoms with Gasteiger partial charge in [-0.2, -0.15) is 5.10 Å². The lowest BCUT2D eigenvalue weighted by Gasteiger charge is -2.17. The standard InChI is InChI=1S/C14H11ClFN5O3/c1-6(19-14(23)24)12-20-11-9(2-7(16)3-10(11)15)13(22)21(12)8-4-17-18-5-8/h2-6,19H,1H3,(H,17,18)(H,23,24). The minimum Gasteiger partial charge on any atom is -0.465 e. The van der Waals surface area contributed by atoms with E-state index in [1.54, 1.807) is 0 Å². The highest BCUT2D eigenvalue weighted by Gasteiger charge is 2.21. The lowest BCUT2D eigenvalue weighted by molar-refractivity contribution is 0.190. The van der Waals surface area contributed by atoms with Crippen molar-refractivity contribution in [3.63, 3.8) is 0 Å². The van der Waals surface area contributed by atoms with E-state index in [0.29, 0.717) is 5.69 Å². The molecule has 0 bridgehead atoms. The molecule has 0 saturated carbocycles. The molecule has 24 heavy (non-hydrogen) atoms. The van der Waals surface area contributed by atoms with E-state index in [2.05, 4.69) is 20.5 Å². The fraction of sp³-hybridized carbons (Fsp3) is 0.143. The van der Waals surface area contributed by atoms with Crippen molar-refractivity contribution in [3.05, 3.63) is 51.5 Å². The smallest absolute Gasteiger partial charge is 0.405 e. The van der Waals surface area contributed by atoms with Crippen molar-refractivity contribution in [1.82, 2.24) is 25.1 Å². The van der Waals surface area contributed by atoms with Crippen LogP contribution in [-0.2, 0) is 0 Å². The first-order valence-electron chi connectivity index (χ1n) is 6.79. The number of fused-ring (bicyclic) bond motifs is 1. The monoisotopic (exact) mass is 351 g/mol. The fourth-order valence-corrected chi connectivity index (χ4v) is 2.64. The fourth-order valence-electron chi connectivity index (χ4n) is 2.39. The quantitative estimate of drug-likeness (QED) is 0.669. The Balaban J connectivity index is 2.38. The highest BCUT2D eigenvalue weighted by Crippen LogP contribution is 2.24. The summed E-state index contributed by atoms with van der Waals surface area (Å²) in [6.45, 7) is 1.52. The van der Waals surface area contributed by atoms with Crippen LogP contribution in [0.25, 0.3) is 16.6 Å². The number of aromatic amines is 1. The van der Waals surface area contributed by atoms with Crippen LogP contribution in [0.5, 0.6) is 0 Å². The summed E-state index contributed by atoms with van der Waals surface area (Å²) in [6, 6.07) is 1.25. The van der Waals surface area contributed by atoms with E-state index in [4.69, 9.17) is 16.7 Å². The number of carboxylic acid groups (broad SMARTS) is 1. The van der Waals surface area contributed by atoms with Crippen LogP contribution < -0.4 is 10.9 Å². The summed E-state index contributed by atoms with van der Waals surface area (Å²) in [5, 5.41) is 17.4. The Labute approximate surface area is 138 Å². The van der Waals surface area contributed by atoms with E-state index in [0.717, 1.165) is 16.7 Å². The summed E-state index contributed by atoms with van der Waals surface area (Å²) >= 11 is 5.99. The van der Waals surface area contributed by atoms with Gasteiger partial charge in [0.2, 0.25) is 0 Å². The summed E-state index contributed by atoms with van der Waals surface area (Å²) < 4.78 is 14.8. The molecule has 3 aromatic rings. The highest BCUT2D eigenvalue weighted by atomic mass is 35.5. The molecular formula is C14H11ClFN5O3. The number of rotatable bonds is 3. The summed E-state index contributed by atoms with van der Waals surface area (Å²) in [6.07, 6.45) is 1.53. The molecule has 2 heterocycles. The molecular weight excluding hydrogens is 341 g/mol. The third-order valence-corrected chi connectivity index (χ3v) is 3.67. The SMILES string of the molecule is CC(NC(=O)O)c1nc2c(Cl)cc(F)cc2c(=O)n1-c1cn[nH]c1. The van der Waals surface area contributed by atoms with Crippen LogP contribution in [-0.4, -0.2) is 30.9 Å². The van der Waals surface area contributed by atoms with Crippen molar-refractivity contribution in [1.29, 1.82) is 0 Å². The molecule has 1 amide bonds. The van der Waals surface area contributed by atoms with Gasteiger partial charge in [0.25, 0.3) is 5.56 Å². The van der Waals surface area contributed by atoms with Gasteiger partial charge in [-0.3, -0.25) is 14.5 Å². The molecule has 0 spiro atoms. The average Bonchev–Trinajstić information content (AvgIpc) is 3.01. The van der Waals surface area contributed by atoms with Crippen LogP contribution in [0.2, 0.25) is 5.02 Å². The topological polar surface area (TPSA) is 113 Å². The largest absolute Gasteiger partial charge is 0.465 e. The second-order valence-electron chi connectivity index (χ2n) is 5.02. The van der Waals surface area contributed by atoms with Gasteiger partial charge in [-0.1, -0.05) is 11.6 Å². The molecule has 2 aromatic heterocycles. The van der Waals surface area contributed by atoms with Gasteiger partial charge in [0.05, 0.1) is 33.9 Å². The summed E-state index contributed by atoms with van der Waals surface area (Å²) in [7, 11) is 0. The van der Waals surface area contributed by atoms with Gasteiger partial charge < -0.3 is 10.4 Å². The molecule has 1 unspecified atom stereocenters. The normalized spacial score (nSPS) is 12.3. The predicted molar refractivity (Wildman–Crippen MR) is 84.0 cm³/mol. The zero-order valence-electron chi connectivity index (χ0n) is 12.2. The number of nitrogens with zero attached hydrogens (tertiary/aromatic N) is 3. The first kappa shape index (κ1) is 15.9. The van der Waals surface area contributed by atoms with Gasteiger partial charge in [0, 0.05) is 6.20 Å². The highest BCUT2D eigenvalue weighted by molar-refractivity contribution is 6.35. The number of amides is 1. The lowest BCUT2D eigenvalue weighted by atomic mass is 10.2. The second-order valence-corrected chi connectivity index (χ2v) is 5.43. The molecule has 8 nitrogen and oxygen atoms in total. The average molecular weight is 352 g/mol. The number of aromatic nitrogens is 4. The number of benzene rings is 1. The minimum atomic E-state index is -1.28. The van der Waals surface area contributed by atoms with Crippen LogP contribution >= 0.6 is 11.6 Å². The molecule has 10 heteroatoms. The number of carbonyl (C=O) groups is 1. The molecule has 124 valence electrons. The molecule has 3 N–H and O–H groups in total. The molecule has 1 aromatic carbocycles. The first-order valence-corrected chi connectivity index (χ1v) is 7.16. The molecule has 0 saturated heterocycles. The van der Waals surface area contributed by atoms with Crippen LogP contribution in [0.1, 0.15) is 18.8 Å². The van der Waals surface area contributed by atoms with Crippen molar-refractivity contribution in [2.24, 2.45) is 0 Å². The van der Waals surface area contributed by atoms with E-state index in [1.807, 2.05) is 0 Å². The first-order chi connectivity index (χ1) is 11.4. The Morgan fingerprint density at radius 2 is 2.25 bits per heavy atom. The maximum atomic E-state index is 13.6. The number of hydrogen-bond acceptors (Lipinski definition) is 4. The Bertz CT molecular complexity index is 986. The second kappa shape index (κ2) is 5.93. The van der Waals surface area contributed by atoms with Gasteiger partial charge in [0.1, 0.15) is 11.6 Å². The predicted octanol–water partition coefficient (Wildman–Crippen LogP) is 2.23. The summed E-state index contributed by atoms with van der Waals surface area (Å²) in [4.78, 5) is 28.0. The Morgan fingerprint density at radius 1 is 1.50 bits per heavy atom. The van der Waals surface area contributed by atoms with Crippen molar-refractivity contribution in [2.45, 2.75) is 13.0 Å². The molecule has 0 radical (unpaired) electrons. The Kier molecular flexibility index (Phi) is 3.94. The van der Waals surface area contributed by atoms with Gasteiger partial charge in [-0.05, 0) is 19.1 Å². The Morgan fingerprint density at radius 3 is 2.88 bits per heavy atom. The third kappa shape index (κ3) is 2.69. The van der Waals surface area contributed by atoms with E-state index < -0.39 is 23.5 Å². The Hall–Kier alpha value is -2.94. The van der Waals surface area contributed by atoms with Crippen molar-refractivity contribution < 1.29 is 14.3 Å². The van der Waals surface area contributed by atoms with Gasteiger partial charge in [-0.25, -0.2) is 14.2 Å². The summed E-state index contributed by atoms with van der Waals surface area (Å²) in [5.41, 5.74) is -0.155. The maximum absolute atomic E-state index is 13.6. The molecule has 0 aliphatic heterocycles. The lowest BCUT2D eigenvalue weighted by Crippen LogP contribution is -2.32. The number of hydrogen-bond donors (Lipinski definition) is 3. The third-order valence-electron chi connectivity index (χ3n) is 3.39. The van der Waals surface area contributed by atoms with E-state index in [1.165, 1.54) is 19.3 Å². The van der Waals surface area contributed by atoms with E-state index in [-0.39, 0.29) is 21.7 Å². The van der Waals surface area contributed by atoms with Crippen LogP contribution in [0, 0.1) is 5.82 Å². The van der Waals surface area contributed by atoms with E-state index in [9.17, 15) is 14.0 Å². The van der Waals surface area contributed by atoms with Crippen molar-refractivity contribution in [3.8, 4) is 5.69 Å². The molecule has 0 fully saturated rings. The molecule has 0 aliphatic rings. The summed E-state index contributed by atoms with van der Waals surface area (Å²) in [5.74, 6) is -0.570. The zero-order valence-corrected chi connectivity index (χ0v) is 13.0. The molecule has 1 atom stereocenters. The molecule has 0 aliphatic carbocycles. The van der Waals surface area contributed by atoms with Crippen molar-refractivity contribution >= 4 is 28.6 Å². The van der Waals surface area contributed by atoms with E-state index >= 15 is 0 Å². The number of nitrogens with one attached hydrogen (secondary N) is 2. The minimum absolute atomic E-state index is 0.0209. The van der Waals surface area contributed by atoms with Crippen LogP contribution in [0.3, 0.4) is 0 Å². The zero-order chi connectivity index (χ0) is 17.4. The van der Waals surface area contributed by atoms with Gasteiger partial charge in [-0.15, -0.1) is 0 Å². The van der Waals surface area contributed by atoms with Crippen molar-refractivity contribution in [2.75, 3.05) is 0 Å². The number of H-pyrrole nitrogens is 1. The number of halogens is 2.